The summed E-state index contributed by atoms with van der Waals surface area (Å²) in [5.41, 5.74) is 0. The van der Waals surface area contributed by atoms with Gasteiger partial charge >= 0.3 is 17.6 Å². The summed E-state index contributed by atoms with van der Waals surface area (Å²) in [6.45, 7) is 0. The van der Waals surface area contributed by atoms with E-state index in [-0.39, 0.29) is 22.3 Å². The van der Waals surface area contributed by atoms with E-state index in [4.69, 9.17) is 36.2 Å². The Morgan fingerprint density at radius 1 is 0.800 bits per heavy atom. The van der Waals surface area contributed by atoms with Crippen molar-refractivity contribution in [2.24, 2.45) is 0 Å². The van der Waals surface area contributed by atoms with Crippen LogP contribution < -0.4 is 0 Å². The van der Waals surface area contributed by atoms with Crippen LogP contribution in [0.1, 0.15) is 35.1 Å². The number of rotatable bonds is 10. The van der Waals surface area contributed by atoms with E-state index >= 15 is 0 Å². The van der Waals surface area contributed by atoms with Crippen molar-refractivity contribution in [3.63, 3.8) is 0 Å². The van der Waals surface area contributed by atoms with Gasteiger partial charge in [0.15, 0.2) is 0 Å². The van der Waals surface area contributed by atoms with Gasteiger partial charge < -0.3 is 22.6 Å². The quantitative estimate of drug-likeness (QED) is 0.455. The molecule has 0 aliphatic carbocycles. The summed E-state index contributed by atoms with van der Waals surface area (Å²) >= 11 is 11.1. The molecule has 0 amide bonds. The van der Waals surface area contributed by atoms with E-state index < -0.39 is 17.6 Å². The Bertz CT molecular complexity index is 197. The maximum Gasteiger partial charge on any atom is 0.490 e. The molecule has 0 aromatic carbocycles. The molecule has 2 unspecified atom stereocenters. The van der Waals surface area contributed by atoms with Gasteiger partial charge in [0.25, 0.3) is 0 Å². The first-order valence-electron chi connectivity index (χ1n) is 5.32. The van der Waals surface area contributed by atoms with Crippen LogP contribution in [0, 0.1) is 0 Å². The minimum absolute atomic E-state index is 0. The highest BCUT2D eigenvalue weighted by atomic mass is 35.5. The van der Waals surface area contributed by atoms with Crippen LogP contribution in [0.2, 0.25) is 12.1 Å². The lowest BCUT2D eigenvalue weighted by Gasteiger charge is -2.30. The lowest BCUT2D eigenvalue weighted by atomic mass is 10.6. The predicted molar refractivity (Wildman–Crippen MR) is 91.5 cm³/mol. The second kappa shape index (κ2) is 14.7. The summed E-state index contributed by atoms with van der Waals surface area (Å²) in [7, 11) is -4.08. The normalized spacial score (nSPS) is 15.9. The van der Waals surface area contributed by atoms with Gasteiger partial charge in [-0.2, -0.15) is 0 Å². The number of alkyl halides is 2. The lowest BCUT2D eigenvalue weighted by Crippen LogP contribution is -2.55. The summed E-state index contributed by atoms with van der Waals surface area (Å²) in [5.74, 6) is 0.799. The summed E-state index contributed by atoms with van der Waals surface area (Å²) in [6.07, 6.45) is 1.11. The molecular formula is C11H32Cl2O5Si2. The van der Waals surface area contributed by atoms with E-state index in [1.165, 1.54) is 14.2 Å². The minimum atomic E-state index is -3.39. The van der Waals surface area contributed by atoms with Gasteiger partial charge in [0.1, 0.15) is 0 Å². The van der Waals surface area contributed by atoms with Crippen molar-refractivity contribution in [3.05, 3.63) is 0 Å². The Morgan fingerprint density at radius 2 is 1.10 bits per heavy atom. The van der Waals surface area contributed by atoms with Crippen LogP contribution in [0.15, 0.2) is 0 Å². The fourth-order valence-corrected chi connectivity index (χ4v) is 7.07. The second-order valence-corrected chi connectivity index (χ2v) is 9.76. The summed E-state index contributed by atoms with van der Waals surface area (Å²) < 4.78 is 15.3. The highest BCUT2D eigenvalue weighted by Crippen LogP contribution is 2.21. The van der Waals surface area contributed by atoms with Crippen LogP contribution >= 0.6 is 23.2 Å². The van der Waals surface area contributed by atoms with Crippen molar-refractivity contribution in [3.8, 4) is 0 Å². The van der Waals surface area contributed by atoms with Gasteiger partial charge in [-0.15, -0.1) is 23.2 Å². The van der Waals surface area contributed by atoms with Crippen molar-refractivity contribution >= 4 is 40.8 Å². The van der Waals surface area contributed by atoms with Gasteiger partial charge in [-0.1, -0.05) is 22.3 Å². The molecule has 0 spiro atoms. The number of hydrogen-bond donors (Lipinski definition) is 2. The zero-order valence-corrected chi connectivity index (χ0v) is 13.6. The van der Waals surface area contributed by atoms with Crippen LogP contribution in [0.25, 0.3) is 0 Å². The summed E-state index contributed by atoms with van der Waals surface area (Å²) in [5, 5.41) is 0. The molecule has 0 aliphatic heterocycles. The molecule has 128 valence electrons. The predicted octanol–water partition coefficient (Wildman–Crippen LogP) is 3.32. The molecule has 0 aromatic rings. The van der Waals surface area contributed by atoms with Crippen LogP contribution in [0.4, 0.5) is 0 Å². The van der Waals surface area contributed by atoms with Crippen LogP contribution in [-0.4, -0.2) is 53.2 Å². The maximum atomic E-state index is 10.1. The fourth-order valence-electron chi connectivity index (χ4n) is 1.22. The molecule has 5 nitrogen and oxygen atoms in total. The van der Waals surface area contributed by atoms with E-state index in [0.717, 1.165) is 0 Å². The van der Waals surface area contributed by atoms with Crippen molar-refractivity contribution in [1.82, 2.24) is 0 Å². The van der Waals surface area contributed by atoms with Gasteiger partial charge in [0, 0.05) is 38.1 Å². The maximum absolute atomic E-state index is 10.1. The Hall–Kier alpha value is 0.814. The third kappa shape index (κ3) is 11.5. The molecule has 9 heteroatoms. The second-order valence-electron chi connectivity index (χ2n) is 3.52. The molecular weight excluding hydrogens is 339 g/mol. The Balaban J connectivity index is -0.000000427. The standard InChI is InChI=1S/C8H20Cl2O5Si2.3CH4/c1-13-16(11,7-3-5-9)15-17(12,14-2)8-4-6-10;;;/h11-12H,3-8H2,1-2H3;3*1H4. The zero-order chi connectivity index (χ0) is 13.4. The van der Waals surface area contributed by atoms with Crippen molar-refractivity contribution in [2.45, 2.75) is 47.2 Å². The highest BCUT2D eigenvalue weighted by molar-refractivity contribution is 6.73. The molecule has 0 heterocycles. The smallest absolute Gasteiger partial charge is 0.390 e. The first kappa shape index (κ1) is 28.9. The van der Waals surface area contributed by atoms with Crippen molar-refractivity contribution < 1.29 is 22.6 Å². The molecule has 0 bridgehead atoms. The molecule has 0 radical (unpaired) electrons. The topological polar surface area (TPSA) is 68.2 Å². The van der Waals surface area contributed by atoms with Crippen LogP contribution in [0.5, 0.6) is 0 Å². The molecule has 0 saturated heterocycles. The summed E-state index contributed by atoms with van der Waals surface area (Å²) in [4.78, 5) is 20.2. The molecule has 0 rings (SSSR count). The molecule has 0 aromatic heterocycles. The Kier molecular flexibility index (Phi) is 21.3. The lowest BCUT2D eigenvalue weighted by molar-refractivity contribution is 0.116. The van der Waals surface area contributed by atoms with Gasteiger partial charge in [-0.05, 0) is 12.8 Å². The largest absolute Gasteiger partial charge is 0.490 e. The first-order chi connectivity index (χ1) is 7.95. The Morgan fingerprint density at radius 3 is 1.30 bits per heavy atom. The minimum Gasteiger partial charge on any atom is -0.390 e. The average Bonchev–Trinajstić information content (AvgIpc) is 2.34. The SMILES string of the molecule is C.C.C.CO[Si](O)(CCCCl)O[Si](O)(CCCCl)OC. The fraction of sp³-hybridized carbons (Fsp3) is 1.00. The van der Waals surface area contributed by atoms with E-state index in [0.29, 0.717) is 36.7 Å². The van der Waals surface area contributed by atoms with Gasteiger partial charge in [-0.25, -0.2) is 0 Å². The summed E-state index contributed by atoms with van der Waals surface area (Å²) in [6, 6.07) is 0.596. The number of halogens is 2. The Labute approximate surface area is 136 Å². The van der Waals surface area contributed by atoms with Crippen LogP contribution in [0.3, 0.4) is 0 Å². The third-order valence-corrected chi connectivity index (χ3v) is 8.54. The molecule has 20 heavy (non-hydrogen) atoms. The van der Waals surface area contributed by atoms with Gasteiger partial charge in [0.05, 0.1) is 0 Å². The van der Waals surface area contributed by atoms with E-state index in [9.17, 15) is 9.59 Å². The molecule has 2 N–H and O–H groups in total. The molecule has 0 fully saturated rings. The monoisotopic (exact) mass is 370 g/mol. The van der Waals surface area contributed by atoms with E-state index in [1.807, 2.05) is 0 Å². The number of hydrogen-bond acceptors (Lipinski definition) is 5. The van der Waals surface area contributed by atoms with Crippen LogP contribution in [-0.2, 0) is 13.0 Å². The van der Waals surface area contributed by atoms with E-state index in [1.54, 1.807) is 0 Å². The molecule has 0 saturated carbocycles. The van der Waals surface area contributed by atoms with Crippen molar-refractivity contribution in [2.75, 3.05) is 26.0 Å². The average molecular weight is 371 g/mol. The zero-order valence-electron chi connectivity index (χ0n) is 10.1. The van der Waals surface area contributed by atoms with Crippen molar-refractivity contribution in [1.29, 1.82) is 0 Å². The third-order valence-electron chi connectivity index (χ3n) is 2.21. The molecule has 2 atom stereocenters. The highest BCUT2D eigenvalue weighted by Gasteiger charge is 2.47. The van der Waals surface area contributed by atoms with Gasteiger partial charge in [0.2, 0.25) is 0 Å². The first-order valence-corrected chi connectivity index (χ1v) is 10.3. The molecule has 0 aliphatic rings. The van der Waals surface area contributed by atoms with E-state index in [2.05, 4.69) is 0 Å². The van der Waals surface area contributed by atoms with Gasteiger partial charge in [-0.3, -0.25) is 0 Å².